The van der Waals surface area contributed by atoms with Gasteiger partial charge >= 0.3 is 174 Å². The molecule has 0 spiro atoms. The van der Waals surface area contributed by atoms with Crippen molar-refractivity contribution in [2.45, 2.75) is 32.1 Å². The van der Waals surface area contributed by atoms with Gasteiger partial charge in [0.1, 0.15) is 0 Å². The van der Waals surface area contributed by atoms with Gasteiger partial charge in [-0.1, -0.05) is 0 Å². The van der Waals surface area contributed by atoms with Crippen LogP contribution in [0.2, 0.25) is 0 Å². The molecule has 1 fully saturated rings. The van der Waals surface area contributed by atoms with E-state index in [2.05, 4.69) is 91.0 Å². The summed E-state index contributed by atoms with van der Waals surface area (Å²) in [5, 5.41) is 4.83. The second-order valence-corrected chi connectivity index (χ2v) is 20.2. The van der Waals surface area contributed by atoms with Crippen LogP contribution in [-0.2, 0) is 0 Å². The molecule has 3 aromatic carbocycles. The van der Waals surface area contributed by atoms with Gasteiger partial charge in [-0.05, 0) is 0 Å². The first-order chi connectivity index (χ1) is 13.9. The molecule has 0 nitrogen and oxygen atoms in total. The average Bonchev–Trinajstić information content (AvgIpc) is 2.79. The third-order valence-corrected chi connectivity index (χ3v) is 24.6. The van der Waals surface area contributed by atoms with Crippen LogP contribution >= 0.6 is 22.5 Å². The molecule has 3 heteroatoms. The average molecular weight is 424 g/mol. The Hall–Kier alpha value is -1.05. The molecular weight excluding hydrogens is 393 g/mol. The van der Waals surface area contributed by atoms with Crippen LogP contribution in [0.15, 0.2) is 91.0 Å². The van der Waals surface area contributed by atoms with Gasteiger partial charge in [-0.2, -0.15) is 0 Å². The molecule has 0 aliphatic carbocycles. The van der Waals surface area contributed by atoms with Crippen molar-refractivity contribution in [2.24, 2.45) is 0 Å². The second kappa shape index (κ2) is 9.18. The molecule has 0 radical (unpaired) electrons. The molecule has 0 bridgehead atoms. The zero-order valence-electron chi connectivity index (χ0n) is 16.6. The first-order valence-electron chi connectivity index (χ1n) is 10.5. The van der Waals surface area contributed by atoms with E-state index in [0.717, 1.165) is 16.2 Å². The van der Waals surface area contributed by atoms with Gasteiger partial charge in [0.05, 0.1) is 0 Å². The first-order valence-corrected chi connectivity index (χ1v) is 17.0. The Kier molecular flexibility index (Phi) is 6.63. The van der Waals surface area contributed by atoms with Gasteiger partial charge in [0.25, 0.3) is 0 Å². The summed E-state index contributed by atoms with van der Waals surface area (Å²) >= 11 is 0. The fourth-order valence-electron chi connectivity index (χ4n) is 4.76. The minimum atomic E-state index is -2.47. The van der Waals surface area contributed by atoms with Crippen molar-refractivity contribution in [3.05, 3.63) is 91.0 Å². The number of benzene rings is 3. The number of hydrogen-bond acceptors (Lipinski definition) is 0. The Labute approximate surface area is 173 Å². The van der Waals surface area contributed by atoms with Gasteiger partial charge in [-0.25, -0.2) is 0 Å². The van der Waals surface area contributed by atoms with Gasteiger partial charge in [0.15, 0.2) is 0 Å². The molecule has 0 amide bonds. The van der Waals surface area contributed by atoms with E-state index in [4.69, 9.17) is 0 Å². The summed E-state index contributed by atoms with van der Waals surface area (Å²) in [5.74, 6) is 0. The summed E-state index contributed by atoms with van der Waals surface area (Å²) in [7, 11) is 2.07. The fourth-order valence-corrected chi connectivity index (χ4v) is 25.0. The Morgan fingerprint density at radius 2 is 0.929 bits per heavy atom. The van der Waals surface area contributed by atoms with Gasteiger partial charge in [0, 0.05) is 0 Å². The van der Waals surface area contributed by atoms with Crippen LogP contribution in [0.4, 0.5) is 0 Å². The molecule has 0 aromatic heterocycles. The van der Waals surface area contributed by atoms with E-state index in [0.29, 0.717) is 0 Å². The second-order valence-electron chi connectivity index (χ2n) is 7.84. The van der Waals surface area contributed by atoms with Crippen LogP contribution in [0.1, 0.15) is 32.1 Å². The summed E-state index contributed by atoms with van der Waals surface area (Å²) in [6.45, 7) is 0. The van der Waals surface area contributed by atoms with Crippen molar-refractivity contribution in [1.29, 1.82) is 0 Å². The van der Waals surface area contributed by atoms with Crippen molar-refractivity contribution < 1.29 is 0 Å². The molecule has 3 aromatic rings. The fraction of sp³-hybridized carbons (Fsp3) is 0.280. The molecule has 1 aliphatic rings. The predicted octanol–water partition coefficient (Wildman–Crippen LogP) is 6.67. The van der Waals surface area contributed by atoms with Crippen LogP contribution < -0.4 is 15.9 Å². The summed E-state index contributed by atoms with van der Waals surface area (Å²) in [6.07, 6.45) is 7.21. The summed E-state index contributed by atoms with van der Waals surface area (Å²) in [5.41, 5.74) is 0. The molecular formula is C25H31P3. The SMILES string of the molecule is c1ccc(P2(c3ccccc3)(c3ccccc3)CCCCCCCPP2)cc1. The normalized spacial score (nSPS) is 22.8. The third kappa shape index (κ3) is 3.61. The van der Waals surface area contributed by atoms with Crippen LogP contribution in [0.3, 0.4) is 0 Å². The summed E-state index contributed by atoms with van der Waals surface area (Å²) < 4.78 is 0. The van der Waals surface area contributed by atoms with E-state index in [1.165, 1.54) is 44.4 Å². The molecule has 1 saturated heterocycles. The van der Waals surface area contributed by atoms with Gasteiger partial charge in [-0.3, -0.25) is 0 Å². The molecule has 2 atom stereocenters. The molecule has 2 unspecified atom stereocenters. The molecule has 1 aliphatic heterocycles. The van der Waals surface area contributed by atoms with E-state index in [9.17, 15) is 0 Å². The minimum absolute atomic E-state index is 1.01. The van der Waals surface area contributed by atoms with E-state index < -0.39 is 6.29 Å². The van der Waals surface area contributed by atoms with Crippen LogP contribution in [-0.4, -0.2) is 12.3 Å². The van der Waals surface area contributed by atoms with Gasteiger partial charge < -0.3 is 0 Å². The summed E-state index contributed by atoms with van der Waals surface area (Å²) in [6, 6.07) is 34.8. The van der Waals surface area contributed by atoms with E-state index >= 15 is 0 Å². The molecule has 28 heavy (non-hydrogen) atoms. The Morgan fingerprint density at radius 1 is 0.500 bits per heavy atom. The number of hydrogen-bond donors (Lipinski definition) is 0. The zero-order chi connectivity index (χ0) is 19.1. The zero-order valence-corrected chi connectivity index (χ0v) is 19.5. The molecule has 146 valence electrons. The molecule has 4 rings (SSSR count). The number of rotatable bonds is 3. The van der Waals surface area contributed by atoms with Crippen molar-refractivity contribution in [2.75, 3.05) is 12.3 Å². The van der Waals surface area contributed by atoms with Crippen molar-refractivity contribution in [3.63, 3.8) is 0 Å². The quantitative estimate of drug-likeness (QED) is 0.412. The molecule has 1 heterocycles. The van der Waals surface area contributed by atoms with E-state index in [-0.39, 0.29) is 0 Å². The van der Waals surface area contributed by atoms with Crippen LogP contribution in [0.5, 0.6) is 0 Å². The Morgan fingerprint density at radius 3 is 1.43 bits per heavy atom. The third-order valence-electron chi connectivity index (χ3n) is 6.21. The molecule has 0 N–H and O–H groups in total. The monoisotopic (exact) mass is 424 g/mol. The Balaban J connectivity index is 2.04. The van der Waals surface area contributed by atoms with Crippen molar-refractivity contribution in [1.82, 2.24) is 0 Å². The summed E-state index contributed by atoms with van der Waals surface area (Å²) in [4.78, 5) is 0. The van der Waals surface area contributed by atoms with E-state index in [1.54, 1.807) is 15.9 Å². The van der Waals surface area contributed by atoms with Crippen molar-refractivity contribution in [3.8, 4) is 0 Å². The van der Waals surface area contributed by atoms with E-state index in [1.807, 2.05) is 0 Å². The van der Waals surface area contributed by atoms with Crippen molar-refractivity contribution >= 4 is 38.4 Å². The standard InChI is InChI=1S/C25H31P3/c1-2-13-21-26-27-28(22-14-3-1,23-15-7-4-8-16-23,24-17-9-5-10-18-24)25-19-11-6-12-20-25/h4-12,15-20,26-27H,1-3,13-14,21-22H2. The maximum atomic E-state index is 2.45. The van der Waals surface area contributed by atoms with Crippen LogP contribution in [0, 0.1) is 0 Å². The maximum absolute atomic E-state index is 2.47. The topological polar surface area (TPSA) is 0 Å². The first kappa shape index (κ1) is 20.2. The van der Waals surface area contributed by atoms with Gasteiger partial charge in [0.2, 0.25) is 0 Å². The Bertz CT molecular complexity index is 749. The van der Waals surface area contributed by atoms with Crippen LogP contribution in [0.25, 0.3) is 0 Å². The predicted molar refractivity (Wildman–Crippen MR) is 135 cm³/mol. The molecule has 0 saturated carbocycles. The van der Waals surface area contributed by atoms with Gasteiger partial charge in [-0.15, -0.1) is 0 Å².